The van der Waals surface area contributed by atoms with Crippen molar-refractivity contribution in [3.63, 3.8) is 0 Å². The molecule has 0 heterocycles. The van der Waals surface area contributed by atoms with Crippen LogP contribution in [-0.4, -0.2) is 0 Å². The van der Waals surface area contributed by atoms with Crippen LogP contribution in [0.3, 0.4) is 0 Å². The molecule has 0 aliphatic carbocycles. The molecular formula is C36H34Cl2Zr. The Bertz CT molecular complexity index is 1650. The molecule has 6 aromatic carbocycles. The predicted molar refractivity (Wildman–Crippen MR) is 168 cm³/mol. The zero-order valence-corrected chi connectivity index (χ0v) is 26.9. The van der Waals surface area contributed by atoms with E-state index in [4.69, 9.17) is 17.0 Å². The van der Waals surface area contributed by atoms with Gasteiger partial charge in [0.25, 0.3) is 0 Å². The Kier molecular flexibility index (Phi) is 9.13. The second-order valence-corrected chi connectivity index (χ2v) is 14.4. The van der Waals surface area contributed by atoms with Crippen molar-refractivity contribution in [2.45, 2.75) is 51.9 Å². The van der Waals surface area contributed by atoms with Gasteiger partial charge >= 0.3 is 37.9 Å². The van der Waals surface area contributed by atoms with E-state index in [0.29, 0.717) is 0 Å². The minimum atomic E-state index is -0.826. The Morgan fingerprint density at radius 1 is 0.744 bits per heavy atom. The summed E-state index contributed by atoms with van der Waals surface area (Å²) in [6, 6.07) is 38.4. The molecule has 0 aliphatic rings. The van der Waals surface area contributed by atoms with Crippen LogP contribution in [-0.2, 0) is 39.1 Å². The summed E-state index contributed by atoms with van der Waals surface area (Å²) in [5.41, 5.74) is 7.30. The van der Waals surface area contributed by atoms with Gasteiger partial charge in [-0.05, 0) is 36.3 Å². The molecule has 6 aromatic rings. The van der Waals surface area contributed by atoms with Crippen LogP contribution in [0.1, 0.15) is 54.5 Å². The Hall–Kier alpha value is -2.18. The first kappa shape index (κ1) is 28.4. The Morgan fingerprint density at radius 2 is 1.36 bits per heavy atom. The van der Waals surface area contributed by atoms with Gasteiger partial charge in [0.05, 0.1) is 0 Å². The van der Waals surface area contributed by atoms with Gasteiger partial charge in [-0.2, -0.15) is 5.56 Å². The van der Waals surface area contributed by atoms with Crippen molar-refractivity contribution in [3.05, 3.63) is 131 Å². The first-order valence-corrected chi connectivity index (χ1v) is 20.1. The molecule has 0 radical (unpaired) electrons. The molecule has 0 saturated heterocycles. The van der Waals surface area contributed by atoms with E-state index in [1.54, 1.807) is 0 Å². The van der Waals surface area contributed by atoms with E-state index in [-0.39, 0.29) is 5.41 Å². The van der Waals surface area contributed by atoms with Crippen LogP contribution in [0.15, 0.2) is 103 Å². The molecule has 0 nitrogen and oxygen atoms in total. The summed E-state index contributed by atoms with van der Waals surface area (Å²) in [7, 11) is 9.87. The Labute approximate surface area is 251 Å². The number of halogens is 2. The molecule has 39 heavy (non-hydrogen) atoms. The summed E-state index contributed by atoms with van der Waals surface area (Å²) >= 11 is -0.826. The van der Waals surface area contributed by atoms with E-state index in [2.05, 4.69) is 124 Å². The SMILES string of the molecule is CCCC(C)(c1ccccc1C)[c-]1cc(CCc2c3ccccc3c3cccc[c-]23)c2ccccc21.[Cl][Zr+2][Cl]. The zero-order valence-electron chi connectivity index (χ0n) is 22.9. The van der Waals surface area contributed by atoms with Crippen molar-refractivity contribution in [2.75, 3.05) is 0 Å². The molecule has 1 atom stereocenters. The molecule has 0 fully saturated rings. The number of benzene rings is 4. The zero-order chi connectivity index (χ0) is 27.4. The van der Waals surface area contributed by atoms with Crippen molar-refractivity contribution in [1.82, 2.24) is 0 Å². The first-order valence-electron chi connectivity index (χ1n) is 13.8. The standard InChI is InChI=1S/C36H34.2ClH.Zr/c1-4-23-36(3,34-20-12-5-13-25(34)2)35-24-26(27-14-6-11-19-33(27)35)21-22-32-30-17-9-7-15-28(30)29-16-8-10-18-31(29)32;;;/h5-20,24H,4,21-23H2,1-3H3;2*1H;/q-2;;;+4/p-2. The summed E-state index contributed by atoms with van der Waals surface area (Å²) in [4.78, 5) is 0. The monoisotopic (exact) mass is 626 g/mol. The van der Waals surface area contributed by atoms with Gasteiger partial charge in [0.2, 0.25) is 0 Å². The van der Waals surface area contributed by atoms with Gasteiger partial charge in [0.1, 0.15) is 0 Å². The molecule has 196 valence electrons. The van der Waals surface area contributed by atoms with Crippen molar-refractivity contribution in [3.8, 4) is 0 Å². The normalized spacial score (nSPS) is 12.7. The molecule has 3 heteroatoms. The van der Waals surface area contributed by atoms with Crippen molar-refractivity contribution in [1.29, 1.82) is 0 Å². The van der Waals surface area contributed by atoms with Crippen LogP contribution in [0, 0.1) is 6.92 Å². The maximum absolute atomic E-state index is 4.93. The third-order valence-electron chi connectivity index (χ3n) is 8.40. The van der Waals surface area contributed by atoms with E-state index in [1.165, 1.54) is 60.1 Å². The number of hydrogen-bond donors (Lipinski definition) is 0. The van der Waals surface area contributed by atoms with Crippen LogP contribution in [0.2, 0.25) is 0 Å². The van der Waals surface area contributed by atoms with E-state index in [0.717, 1.165) is 25.7 Å². The third kappa shape index (κ3) is 5.44. The van der Waals surface area contributed by atoms with Gasteiger partial charge in [0.15, 0.2) is 0 Å². The van der Waals surface area contributed by atoms with Crippen LogP contribution >= 0.6 is 17.0 Å². The predicted octanol–water partition coefficient (Wildman–Crippen LogP) is 11.2. The summed E-state index contributed by atoms with van der Waals surface area (Å²) < 4.78 is 0. The fraction of sp³-hybridized carbons (Fsp3) is 0.222. The van der Waals surface area contributed by atoms with E-state index in [1.807, 2.05) is 0 Å². The average Bonchev–Trinajstić information content (AvgIpc) is 3.49. The second kappa shape index (κ2) is 12.6. The molecule has 0 saturated carbocycles. The van der Waals surface area contributed by atoms with Gasteiger partial charge in [0, 0.05) is 0 Å². The Morgan fingerprint density at radius 3 is 2.10 bits per heavy atom. The summed E-state index contributed by atoms with van der Waals surface area (Å²) in [6.45, 7) is 7.04. The van der Waals surface area contributed by atoms with Crippen molar-refractivity contribution >= 4 is 49.3 Å². The van der Waals surface area contributed by atoms with Gasteiger partial charge < -0.3 is 0 Å². The summed E-state index contributed by atoms with van der Waals surface area (Å²) in [6.07, 6.45) is 4.40. The van der Waals surface area contributed by atoms with Crippen LogP contribution in [0.4, 0.5) is 0 Å². The minimum absolute atomic E-state index is 0.00233. The number of aryl methyl sites for hydroxylation is 3. The van der Waals surface area contributed by atoms with Gasteiger partial charge in [-0.3, -0.25) is 0 Å². The van der Waals surface area contributed by atoms with Gasteiger partial charge in [-0.15, -0.1) is 86.6 Å². The molecule has 0 N–H and O–H groups in total. The van der Waals surface area contributed by atoms with Crippen molar-refractivity contribution in [2.24, 2.45) is 0 Å². The molecule has 0 bridgehead atoms. The average molecular weight is 629 g/mol. The van der Waals surface area contributed by atoms with Crippen LogP contribution in [0.5, 0.6) is 0 Å². The molecular weight excluding hydrogens is 595 g/mol. The maximum atomic E-state index is 4.93. The number of fused-ring (bicyclic) bond motifs is 4. The van der Waals surface area contributed by atoms with E-state index < -0.39 is 20.8 Å². The third-order valence-corrected chi connectivity index (χ3v) is 8.40. The van der Waals surface area contributed by atoms with Gasteiger partial charge in [-0.25, -0.2) is 0 Å². The fourth-order valence-corrected chi connectivity index (χ4v) is 6.73. The number of hydrogen-bond acceptors (Lipinski definition) is 0. The number of rotatable bonds is 7. The molecule has 0 spiro atoms. The van der Waals surface area contributed by atoms with Gasteiger partial charge in [-0.1, -0.05) is 86.7 Å². The Balaban J connectivity index is 0.000000983. The van der Waals surface area contributed by atoms with Crippen LogP contribution in [0.25, 0.3) is 32.3 Å². The first-order chi connectivity index (χ1) is 19.0. The molecule has 6 rings (SSSR count). The summed E-state index contributed by atoms with van der Waals surface area (Å²) in [5, 5.41) is 8.42. The molecule has 0 aliphatic heterocycles. The van der Waals surface area contributed by atoms with E-state index in [9.17, 15) is 0 Å². The molecule has 0 aromatic heterocycles. The quantitative estimate of drug-likeness (QED) is 0.154. The molecule has 0 amide bonds. The fourth-order valence-electron chi connectivity index (χ4n) is 6.73. The van der Waals surface area contributed by atoms with Crippen LogP contribution < -0.4 is 0 Å². The molecule has 1 unspecified atom stereocenters. The van der Waals surface area contributed by atoms with Crippen molar-refractivity contribution < 1.29 is 20.8 Å². The summed E-state index contributed by atoms with van der Waals surface area (Å²) in [5.74, 6) is 0. The van der Waals surface area contributed by atoms with E-state index >= 15 is 0 Å². The second-order valence-electron chi connectivity index (χ2n) is 10.7. The topological polar surface area (TPSA) is 0 Å².